The number of carboxylic acids is 1. The zero-order valence-electron chi connectivity index (χ0n) is 18.3. The highest BCUT2D eigenvalue weighted by atomic mass is 16.4. The molecule has 0 bridgehead atoms. The number of unbranched alkanes of at least 4 members (excludes halogenated alkanes) is 13. The third-order valence-corrected chi connectivity index (χ3v) is 5.43. The van der Waals surface area contributed by atoms with Crippen molar-refractivity contribution in [3.63, 3.8) is 0 Å². The summed E-state index contributed by atoms with van der Waals surface area (Å²) in [6.45, 7) is 2.27. The number of hydrogen-bond donors (Lipinski definition) is 1. The summed E-state index contributed by atoms with van der Waals surface area (Å²) in [4.78, 5) is 22.3. The maximum atomic E-state index is 11.8. The van der Waals surface area contributed by atoms with Crippen LogP contribution >= 0.6 is 0 Å². The zero-order valence-corrected chi connectivity index (χ0v) is 18.3. The van der Waals surface area contributed by atoms with Gasteiger partial charge in [-0.15, -0.1) is 0 Å². The number of carboxylic acid groups (broad SMARTS) is 1. The van der Waals surface area contributed by atoms with E-state index in [9.17, 15) is 9.59 Å². The average molecular weight is 401 g/mol. The van der Waals surface area contributed by atoms with Crippen LogP contribution in [-0.4, -0.2) is 16.9 Å². The van der Waals surface area contributed by atoms with Gasteiger partial charge in [-0.25, -0.2) is 4.79 Å². The molecule has 1 aromatic rings. The Kier molecular flexibility index (Phi) is 14.7. The van der Waals surface area contributed by atoms with E-state index in [0.717, 1.165) is 18.6 Å². The summed E-state index contributed by atoms with van der Waals surface area (Å²) in [5, 5.41) is 8.57. The molecule has 3 heteroatoms. The van der Waals surface area contributed by atoms with Crippen molar-refractivity contribution in [1.29, 1.82) is 0 Å². The molecule has 162 valence electrons. The monoisotopic (exact) mass is 400 g/mol. The number of rotatable bonds is 18. The van der Waals surface area contributed by atoms with Gasteiger partial charge >= 0.3 is 5.97 Å². The molecule has 0 fully saturated rings. The molecule has 0 amide bonds. The lowest BCUT2D eigenvalue weighted by Gasteiger charge is -2.04. The van der Waals surface area contributed by atoms with Crippen LogP contribution in [-0.2, 0) is 11.2 Å². The van der Waals surface area contributed by atoms with Gasteiger partial charge in [0.25, 0.3) is 0 Å². The summed E-state index contributed by atoms with van der Waals surface area (Å²) >= 11 is 0. The molecule has 0 aliphatic carbocycles. The summed E-state index contributed by atoms with van der Waals surface area (Å²) in [5.74, 6) is -1.37. The SMILES string of the molecule is CCCCCCCCCCCCCCCCc1ccc(C(=O)/C=C/C(=O)O)cc1. The summed E-state index contributed by atoms with van der Waals surface area (Å²) in [5.41, 5.74) is 1.77. The molecule has 0 aromatic heterocycles. The first kappa shape index (κ1) is 25.1. The Morgan fingerprint density at radius 3 is 1.59 bits per heavy atom. The Balaban J connectivity index is 1.98. The minimum absolute atomic E-state index is 0.268. The average Bonchev–Trinajstić information content (AvgIpc) is 2.72. The molecular weight excluding hydrogens is 360 g/mol. The third kappa shape index (κ3) is 13.8. The minimum atomic E-state index is -1.10. The van der Waals surface area contributed by atoms with Gasteiger partial charge in [-0.2, -0.15) is 0 Å². The highest BCUT2D eigenvalue weighted by Gasteiger charge is 2.03. The first-order valence-corrected chi connectivity index (χ1v) is 11.7. The molecule has 0 atom stereocenters. The lowest BCUT2D eigenvalue weighted by Crippen LogP contribution is -1.97. The first-order chi connectivity index (χ1) is 14.1. The van der Waals surface area contributed by atoms with E-state index in [2.05, 4.69) is 6.92 Å². The van der Waals surface area contributed by atoms with Crippen molar-refractivity contribution in [1.82, 2.24) is 0 Å². The van der Waals surface area contributed by atoms with Crippen molar-refractivity contribution in [3.05, 3.63) is 47.5 Å². The second-order valence-electron chi connectivity index (χ2n) is 8.08. The molecule has 0 saturated carbocycles. The van der Waals surface area contributed by atoms with E-state index in [4.69, 9.17) is 5.11 Å². The van der Waals surface area contributed by atoms with Gasteiger partial charge in [-0.1, -0.05) is 115 Å². The van der Waals surface area contributed by atoms with Crippen LogP contribution < -0.4 is 0 Å². The van der Waals surface area contributed by atoms with Gasteiger partial charge in [-0.3, -0.25) is 4.79 Å². The summed E-state index contributed by atoms with van der Waals surface area (Å²) in [6, 6.07) is 7.52. The van der Waals surface area contributed by atoms with E-state index in [1.165, 1.54) is 95.5 Å². The lowest BCUT2D eigenvalue weighted by atomic mass is 10.0. The van der Waals surface area contributed by atoms with Gasteiger partial charge in [0.15, 0.2) is 5.78 Å². The number of allylic oxidation sites excluding steroid dienone is 1. The molecule has 0 heterocycles. The normalized spacial score (nSPS) is 11.2. The topological polar surface area (TPSA) is 54.4 Å². The van der Waals surface area contributed by atoms with Gasteiger partial charge in [-0.05, 0) is 24.5 Å². The van der Waals surface area contributed by atoms with Crippen LogP contribution in [0.1, 0.15) is 113 Å². The van der Waals surface area contributed by atoms with Crippen molar-refractivity contribution < 1.29 is 14.7 Å². The van der Waals surface area contributed by atoms with E-state index >= 15 is 0 Å². The van der Waals surface area contributed by atoms with E-state index in [1.54, 1.807) is 12.1 Å². The zero-order chi connectivity index (χ0) is 21.2. The molecule has 1 aromatic carbocycles. The number of carbonyl (C=O) groups excluding carboxylic acids is 1. The van der Waals surface area contributed by atoms with Crippen molar-refractivity contribution in [2.75, 3.05) is 0 Å². The van der Waals surface area contributed by atoms with Crippen LogP contribution in [0.2, 0.25) is 0 Å². The molecule has 0 spiro atoms. The van der Waals surface area contributed by atoms with Gasteiger partial charge in [0.1, 0.15) is 0 Å². The summed E-state index contributed by atoms with van der Waals surface area (Å²) in [7, 11) is 0. The van der Waals surface area contributed by atoms with E-state index in [0.29, 0.717) is 5.56 Å². The van der Waals surface area contributed by atoms with Crippen molar-refractivity contribution >= 4 is 11.8 Å². The van der Waals surface area contributed by atoms with Crippen LogP contribution in [0.4, 0.5) is 0 Å². The lowest BCUT2D eigenvalue weighted by molar-refractivity contribution is -0.131. The van der Waals surface area contributed by atoms with E-state index < -0.39 is 5.97 Å². The Hall–Kier alpha value is -1.90. The molecule has 0 aliphatic rings. The number of aryl methyl sites for hydroxylation is 1. The number of benzene rings is 1. The predicted octanol–water partition coefficient (Wildman–Crippen LogP) is 7.53. The Bertz CT molecular complexity index is 586. The molecule has 0 aliphatic heterocycles. The molecular formula is C26H40O3. The van der Waals surface area contributed by atoms with Gasteiger partial charge < -0.3 is 5.11 Å². The van der Waals surface area contributed by atoms with Crippen molar-refractivity contribution in [3.8, 4) is 0 Å². The molecule has 1 rings (SSSR count). The minimum Gasteiger partial charge on any atom is -0.478 e. The Labute approximate surface area is 177 Å². The van der Waals surface area contributed by atoms with Crippen LogP contribution in [0.5, 0.6) is 0 Å². The first-order valence-electron chi connectivity index (χ1n) is 11.7. The fourth-order valence-corrected chi connectivity index (χ4v) is 3.60. The second kappa shape index (κ2) is 17.0. The molecule has 29 heavy (non-hydrogen) atoms. The number of carbonyl (C=O) groups is 2. The smallest absolute Gasteiger partial charge is 0.328 e. The summed E-state index contributed by atoms with van der Waals surface area (Å²) in [6.07, 6.45) is 22.1. The van der Waals surface area contributed by atoms with Crippen LogP contribution in [0, 0.1) is 0 Å². The standard InChI is InChI=1S/C26H40O3/c1-2-3-4-5-6-7-8-9-10-11-12-13-14-15-16-23-17-19-24(20-18-23)25(27)21-22-26(28)29/h17-22H,2-16H2,1H3,(H,28,29)/b22-21+. The summed E-state index contributed by atoms with van der Waals surface area (Å²) < 4.78 is 0. The highest BCUT2D eigenvalue weighted by Crippen LogP contribution is 2.14. The second-order valence-corrected chi connectivity index (χ2v) is 8.08. The Morgan fingerprint density at radius 1 is 0.690 bits per heavy atom. The van der Waals surface area contributed by atoms with Crippen molar-refractivity contribution in [2.45, 2.75) is 103 Å². The maximum Gasteiger partial charge on any atom is 0.328 e. The van der Waals surface area contributed by atoms with Gasteiger partial charge in [0, 0.05) is 11.6 Å². The highest BCUT2D eigenvalue weighted by molar-refractivity contribution is 6.06. The van der Waals surface area contributed by atoms with E-state index in [1.807, 2.05) is 12.1 Å². The fourth-order valence-electron chi connectivity index (χ4n) is 3.60. The third-order valence-electron chi connectivity index (χ3n) is 5.43. The molecule has 0 saturated heterocycles. The number of hydrogen-bond acceptors (Lipinski definition) is 2. The number of ketones is 1. The van der Waals surface area contributed by atoms with Gasteiger partial charge in [0.2, 0.25) is 0 Å². The predicted molar refractivity (Wildman–Crippen MR) is 122 cm³/mol. The maximum absolute atomic E-state index is 11.8. The fraction of sp³-hybridized carbons (Fsp3) is 0.615. The molecule has 0 unspecified atom stereocenters. The quantitative estimate of drug-likeness (QED) is 0.157. The largest absolute Gasteiger partial charge is 0.478 e. The van der Waals surface area contributed by atoms with Crippen LogP contribution in [0.25, 0.3) is 0 Å². The molecule has 1 N–H and O–H groups in total. The van der Waals surface area contributed by atoms with Crippen LogP contribution in [0.15, 0.2) is 36.4 Å². The Morgan fingerprint density at radius 2 is 1.14 bits per heavy atom. The molecule has 3 nitrogen and oxygen atoms in total. The number of aliphatic carboxylic acids is 1. The molecule has 0 radical (unpaired) electrons. The van der Waals surface area contributed by atoms with E-state index in [-0.39, 0.29) is 5.78 Å². The van der Waals surface area contributed by atoms with Crippen molar-refractivity contribution in [2.24, 2.45) is 0 Å². The van der Waals surface area contributed by atoms with Crippen LogP contribution in [0.3, 0.4) is 0 Å². The van der Waals surface area contributed by atoms with Gasteiger partial charge in [0.05, 0.1) is 0 Å².